The number of nitrogens with zero attached hydrogens (tertiary/aromatic N) is 1. The van der Waals surface area contributed by atoms with Crippen LogP contribution in [0.1, 0.15) is 6.42 Å². The van der Waals surface area contributed by atoms with Gasteiger partial charge in [0.15, 0.2) is 0 Å². The number of carbonyl (C=O) groups excluding carboxylic acids is 2. The predicted octanol–water partition coefficient (Wildman–Crippen LogP) is -1.56. The van der Waals surface area contributed by atoms with Gasteiger partial charge < -0.3 is 11.1 Å². The first-order chi connectivity index (χ1) is 5.65. The molecule has 0 aromatic rings. The van der Waals surface area contributed by atoms with E-state index < -0.39 is 24.0 Å². The van der Waals surface area contributed by atoms with Crippen LogP contribution in [0.15, 0.2) is 0 Å². The highest BCUT2D eigenvalue weighted by Gasteiger charge is 2.33. The van der Waals surface area contributed by atoms with Crippen molar-refractivity contribution in [1.82, 2.24) is 10.6 Å². The number of nitrogens with two attached hydrogens (primary N) is 1. The molecule has 0 aromatic carbocycles. The van der Waals surface area contributed by atoms with Crippen molar-refractivity contribution in [2.24, 2.45) is 5.73 Å². The molecule has 4 N–H and O–H groups in total. The van der Waals surface area contributed by atoms with E-state index in [0.717, 1.165) is 0 Å². The molecule has 0 aliphatic carbocycles. The lowest BCUT2D eigenvalue weighted by Crippen LogP contribution is -2.45. The SMILES string of the molecule is N#CC[C@@H](N)C1NC(=O)NC1=O. The van der Waals surface area contributed by atoms with Gasteiger partial charge in [-0.25, -0.2) is 4.79 Å². The molecular formula is C6H8N4O2. The highest BCUT2D eigenvalue weighted by Crippen LogP contribution is 2.00. The Labute approximate surface area is 68.7 Å². The molecule has 1 aliphatic rings. The minimum absolute atomic E-state index is 0.0400. The number of rotatable bonds is 2. The molecule has 0 radical (unpaired) electrons. The topological polar surface area (TPSA) is 108 Å². The lowest BCUT2D eigenvalue weighted by molar-refractivity contribution is -0.120. The van der Waals surface area contributed by atoms with Gasteiger partial charge in [0.05, 0.1) is 12.5 Å². The first kappa shape index (κ1) is 8.49. The highest BCUT2D eigenvalue weighted by molar-refractivity contribution is 6.04. The van der Waals surface area contributed by atoms with Gasteiger partial charge in [-0.1, -0.05) is 0 Å². The van der Waals surface area contributed by atoms with Gasteiger partial charge in [0.1, 0.15) is 6.04 Å². The molecule has 64 valence electrons. The summed E-state index contributed by atoms with van der Waals surface area (Å²) >= 11 is 0. The van der Waals surface area contributed by atoms with E-state index in [2.05, 4.69) is 5.32 Å². The van der Waals surface area contributed by atoms with Gasteiger partial charge in [-0.15, -0.1) is 0 Å². The molecule has 1 heterocycles. The number of carbonyl (C=O) groups is 2. The van der Waals surface area contributed by atoms with E-state index in [4.69, 9.17) is 11.0 Å². The molecule has 6 heteroatoms. The molecule has 1 saturated heterocycles. The average Bonchev–Trinajstić information content (AvgIpc) is 2.30. The smallest absolute Gasteiger partial charge is 0.322 e. The third-order valence-corrected chi connectivity index (χ3v) is 1.56. The number of imide groups is 1. The van der Waals surface area contributed by atoms with Gasteiger partial charge in [0.2, 0.25) is 0 Å². The van der Waals surface area contributed by atoms with Crippen LogP contribution in [0.3, 0.4) is 0 Å². The standard InChI is InChI=1S/C6H8N4O2/c7-2-1-3(8)4-5(11)10-6(12)9-4/h3-4H,1,8H2,(H2,9,10,11,12)/t3-,4?/m1/s1. The second kappa shape index (κ2) is 3.19. The number of nitrogens with one attached hydrogen (secondary N) is 2. The Hall–Kier alpha value is -1.61. The van der Waals surface area contributed by atoms with Crippen molar-refractivity contribution in [3.05, 3.63) is 0 Å². The third kappa shape index (κ3) is 1.52. The summed E-state index contributed by atoms with van der Waals surface area (Å²) in [5.74, 6) is -0.470. The van der Waals surface area contributed by atoms with E-state index in [9.17, 15) is 9.59 Å². The van der Waals surface area contributed by atoms with Crippen LogP contribution >= 0.6 is 0 Å². The van der Waals surface area contributed by atoms with Crippen LogP contribution in [0.2, 0.25) is 0 Å². The van der Waals surface area contributed by atoms with E-state index in [1.54, 1.807) is 0 Å². The summed E-state index contributed by atoms with van der Waals surface area (Å²) in [6.07, 6.45) is 0.0400. The van der Waals surface area contributed by atoms with Crippen molar-refractivity contribution in [2.75, 3.05) is 0 Å². The van der Waals surface area contributed by atoms with Gasteiger partial charge in [-0.3, -0.25) is 10.1 Å². The van der Waals surface area contributed by atoms with Crippen molar-refractivity contribution in [3.8, 4) is 6.07 Å². The fourth-order valence-corrected chi connectivity index (χ4v) is 0.957. The summed E-state index contributed by atoms with van der Waals surface area (Å²) in [7, 11) is 0. The summed E-state index contributed by atoms with van der Waals surface area (Å²) in [4.78, 5) is 21.5. The highest BCUT2D eigenvalue weighted by atomic mass is 16.2. The number of urea groups is 1. The first-order valence-electron chi connectivity index (χ1n) is 3.39. The summed E-state index contributed by atoms with van der Waals surface area (Å²) in [6, 6.07) is -0.138. The van der Waals surface area contributed by atoms with Crippen LogP contribution in [0.4, 0.5) is 4.79 Å². The van der Waals surface area contributed by atoms with Gasteiger partial charge in [0, 0.05) is 6.04 Å². The molecule has 2 atom stereocenters. The van der Waals surface area contributed by atoms with Crippen LogP contribution in [0.25, 0.3) is 0 Å². The zero-order valence-corrected chi connectivity index (χ0v) is 6.20. The predicted molar refractivity (Wildman–Crippen MR) is 38.7 cm³/mol. The lowest BCUT2D eigenvalue weighted by atomic mass is 10.1. The molecule has 12 heavy (non-hydrogen) atoms. The van der Waals surface area contributed by atoms with E-state index in [-0.39, 0.29) is 6.42 Å². The van der Waals surface area contributed by atoms with Crippen molar-refractivity contribution >= 4 is 11.9 Å². The number of nitriles is 1. The molecule has 0 saturated carbocycles. The Kier molecular flexibility index (Phi) is 2.26. The molecule has 0 bridgehead atoms. The van der Waals surface area contributed by atoms with E-state index >= 15 is 0 Å². The summed E-state index contributed by atoms with van der Waals surface area (Å²) in [5.41, 5.74) is 5.44. The van der Waals surface area contributed by atoms with Crippen LogP contribution in [0.5, 0.6) is 0 Å². The monoisotopic (exact) mass is 168 g/mol. The minimum Gasteiger partial charge on any atom is -0.325 e. The molecule has 1 fully saturated rings. The molecule has 0 spiro atoms. The summed E-state index contributed by atoms with van der Waals surface area (Å²) < 4.78 is 0. The van der Waals surface area contributed by atoms with Crippen molar-refractivity contribution < 1.29 is 9.59 Å². The molecule has 1 aliphatic heterocycles. The average molecular weight is 168 g/mol. The van der Waals surface area contributed by atoms with Crippen molar-refractivity contribution in [2.45, 2.75) is 18.5 Å². The number of amides is 3. The van der Waals surface area contributed by atoms with Crippen LogP contribution in [-0.4, -0.2) is 24.0 Å². The van der Waals surface area contributed by atoms with E-state index in [1.807, 2.05) is 11.4 Å². The molecule has 6 nitrogen and oxygen atoms in total. The molecular weight excluding hydrogens is 160 g/mol. The Morgan fingerprint density at radius 3 is 2.75 bits per heavy atom. The molecule has 1 rings (SSSR count). The van der Waals surface area contributed by atoms with Crippen LogP contribution in [0, 0.1) is 11.3 Å². The summed E-state index contributed by atoms with van der Waals surface area (Å²) in [6.45, 7) is 0. The quantitative estimate of drug-likeness (QED) is 0.433. The fraction of sp³-hybridized carbons (Fsp3) is 0.500. The van der Waals surface area contributed by atoms with Crippen molar-refractivity contribution in [1.29, 1.82) is 5.26 Å². The van der Waals surface area contributed by atoms with Crippen molar-refractivity contribution in [3.63, 3.8) is 0 Å². The first-order valence-corrected chi connectivity index (χ1v) is 3.39. The zero-order valence-electron chi connectivity index (χ0n) is 6.20. The minimum atomic E-state index is -0.767. The Morgan fingerprint density at radius 2 is 2.33 bits per heavy atom. The van der Waals surface area contributed by atoms with E-state index in [0.29, 0.717) is 0 Å². The number of hydrogen-bond acceptors (Lipinski definition) is 4. The second-order valence-electron chi connectivity index (χ2n) is 2.47. The Balaban J connectivity index is 2.59. The lowest BCUT2D eigenvalue weighted by Gasteiger charge is -2.12. The number of hydrogen-bond donors (Lipinski definition) is 3. The molecule has 1 unspecified atom stereocenters. The van der Waals surface area contributed by atoms with Gasteiger partial charge >= 0.3 is 6.03 Å². The third-order valence-electron chi connectivity index (χ3n) is 1.56. The Morgan fingerprint density at radius 1 is 1.67 bits per heavy atom. The van der Waals surface area contributed by atoms with Crippen LogP contribution in [-0.2, 0) is 4.79 Å². The van der Waals surface area contributed by atoms with Gasteiger partial charge in [-0.2, -0.15) is 5.26 Å². The molecule has 3 amide bonds. The maximum Gasteiger partial charge on any atom is 0.322 e. The largest absolute Gasteiger partial charge is 0.325 e. The fourth-order valence-electron chi connectivity index (χ4n) is 0.957. The summed E-state index contributed by atoms with van der Waals surface area (Å²) in [5, 5.41) is 12.6. The zero-order chi connectivity index (χ0) is 9.14. The maximum absolute atomic E-state index is 10.9. The van der Waals surface area contributed by atoms with E-state index in [1.165, 1.54) is 0 Å². The van der Waals surface area contributed by atoms with Gasteiger partial charge in [-0.05, 0) is 0 Å². The van der Waals surface area contributed by atoms with Gasteiger partial charge in [0.25, 0.3) is 5.91 Å². The maximum atomic E-state index is 10.9. The Bertz CT molecular complexity index is 257. The normalized spacial score (nSPS) is 24.2. The molecule has 0 aromatic heterocycles. The van der Waals surface area contributed by atoms with Crippen LogP contribution < -0.4 is 16.4 Å². The second-order valence-corrected chi connectivity index (χ2v) is 2.47.